The number of benzene rings is 2. The number of nitrogens with zero attached hydrogens (tertiary/aromatic N) is 2. The minimum atomic E-state index is -0.728. The predicted octanol–water partition coefficient (Wildman–Crippen LogP) is 4.33. The van der Waals surface area contributed by atoms with Crippen LogP contribution in [0.3, 0.4) is 0 Å². The van der Waals surface area contributed by atoms with Crippen LogP contribution in [0, 0.1) is 13.8 Å². The summed E-state index contributed by atoms with van der Waals surface area (Å²) in [7, 11) is 1.57. The Kier molecular flexibility index (Phi) is 5.77. The highest BCUT2D eigenvalue weighted by molar-refractivity contribution is 6.46. The lowest BCUT2D eigenvalue weighted by Gasteiger charge is -2.25. The van der Waals surface area contributed by atoms with Crippen LogP contribution in [0.25, 0.3) is 5.76 Å². The van der Waals surface area contributed by atoms with Gasteiger partial charge in [-0.25, -0.2) is 0 Å². The van der Waals surface area contributed by atoms with Crippen LogP contribution in [0.2, 0.25) is 0 Å². The molecule has 6 heteroatoms. The molecular formula is C26H24N2O4. The zero-order valence-corrected chi connectivity index (χ0v) is 18.2. The van der Waals surface area contributed by atoms with Gasteiger partial charge < -0.3 is 14.7 Å². The third-order valence-corrected chi connectivity index (χ3v) is 5.72. The highest BCUT2D eigenvalue weighted by Gasteiger charge is 2.46. The maximum atomic E-state index is 13.2. The van der Waals surface area contributed by atoms with Crippen LogP contribution in [0.1, 0.15) is 33.9 Å². The molecule has 1 saturated heterocycles. The molecule has 1 unspecified atom stereocenters. The van der Waals surface area contributed by atoms with E-state index >= 15 is 0 Å². The normalized spacial score (nSPS) is 17.6. The van der Waals surface area contributed by atoms with Gasteiger partial charge in [0.15, 0.2) is 0 Å². The number of carbonyl (C=O) groups excluding carboxylic acids is 2. The number of aryl methyl sites for hydroxylation is 2. The highest BCUT2D eigenvalue weighted by atomic mass is 16.5. The predicted molar refractivity (Wildman–Crippen MR) is 121 cm³/mol. The van der Waals surface area contributed by atoms with E-state index in [4.69, 9.17) is 4.74 Å². The number of likely N-dealkylation sites (tertiary alicyclic amines) is 1. The Morgan fingerprint density at radius 3 is 2.38 bits per heavy atom. The Morgan fingerprint density at radius 1 is 1.03 bits per heavy atom. The van der Waals surface area contributed by atoms with Gasteiger partial charge in [-0.1, -0.05) is 29.8 Å². The van der Waals surface area contributed by atoms with Crippen LogP contribution in [0.4, 0.5) is 0 Å². The third-order valence-electron chi connectivity index (χ3n) is 5.72. The summed E-state index contributed by atoms with van der Waals surface area (Å²) in [5.74, 6) is -0.843. The average Bonchev–Trinajstić information content (AvgIpc) is 3.06. The number of hydrogen-bond donors (Lipinski definition) is 1. The third kappa shape index (κ3) is 3.87. The second kappa shape index (κ2) is 8.67. The Labute approximate surface area is 186 Å². The summed E-state index contributed by atoms with van der Waals surface area (Å²) in [5.41, 5.74) is 3.96. The van der Waals surface area contributed by atoms with Gasteiger partial charge >= 0.3 is 0 Å². The number of methoxy groups -OCH3 is 1. The summed E-state index contributed by atoms with van der Waals surface area (Å²) >= 11 is 0. The standard InChI is InChI=1S/C26H24N2O4/c1-16-4-5-17(2)21(14-16)24(29)22-23(19-6-8-20(32-3)9-7-19)28(26(31)25(22)30)15-18-10-12-27-13-11-18/h4-14,23,29H,15H2,1-3H3/b24-22+. The van der Waals surface area contributed by atoms with E-state index in [0.717, 1.165) is 16.7 Å². The van der Waals surface area contributed by atoms with E-state index < -0.39 is 17.7 Å². The molecule has 0 saturated carbocycles. The van der Waals surface area contributed by atoms with E-state index in [1.54, 1.807) is 43.8 Å². The van der Waals surface area contributed by atoms with Gasteiger partial charge in [0, 0.05) is 24.5 Å². The summed E-state index contributed by atoms with van der Waals surface area (Å²) in [5, 5.41) is 11.3. The van der Waals surface area contributed by atoms with Gasteiger partial charge in [-0.15, -0.1) is 0 Å². The van der Waals surface area contributed by atoms with Crippen molar-refractivity contribution < 1.29 is 19.4 Å². The van der Waals surface area contributed by atoms with Crippen LogP contribution in [0.15, 0.2) is 72.6 Å². The van der Waals surface area contributed by atoms with Gasteiger partial charge in [0.25, 0.3) is 11.7 Å². The topological polar surface area (TPSA) is 79.7 Å². The summed E-state index contributed by atoms with van der Waals surface area (Å²) in [4.78, 5) is 31.8. The minimum absolute atomic E-state index is 0.0860. The largest absolute Gasteiger partial charge is 0.507 e. The van der Waals surface area contributed by atoms with Crippen molar-refractivity contribution in [1.82, 2.24) is 9.88 Å². The highest BCUT2D eigenvalue weighted by Crippen LogP contribution is 2.41. The average molecular weight is 428 g/mol. The molecule has 0 radical (unpaired) electrons. The Bertz CT molecular complexity index is 1200. The summed E-state index contributed by atoms with van der Waals surface area (Å²) in [6.45, 7) is 4.00. The van der Waals surface area contributed by atoms with Gasteiger partial charge in [0.2, 0.25) is 0 Å². The molecule has 1 amide bonds. The molecule has 0 spiro atoms. The molecular weight excluding hydrogens is 404 g/mol. The van der Waals surface area contributed by atoms with E-state index in [0.29, 0.717) is 16.9 Å². The lowest BCUT2D eigenvalue weighted by molar-refractivity contribution is -0.140. The zero-order chi connectivity index (χ0) is 22.8. The van der Waals surface area contributed by atoms with Gasteiger partial charge in [0.05, 0.1) is 18.7 Å². The molecule has 1 aliphatic heterocycles. The maximum absolute atomic E-state index is 13.2. The number of carbonyl (C=O) groups is 2. The Morgan fingerprint density at radius 2 is 1.72 bits per heavy atom. The number of rotatable bonds is 5. The van der Waals surface area contributed by atoms with E-state index in [1.807, 2.05) is 44.2 Å². The molecule has 1 fully saturated rings. The molecule has 1 aliphatic rings. The molecule has 1 N–H and O–H groups in total. The van der Waals surface area contributed by atoms with E-state index in [2.05, 4.69) is 4.98 Å². The van der Waals surface area contributed by atoms with E-state index in [1.165, 1.54) is 4.90 Å². The summed E-state index contributed by atoms with van der Waals surface area (Å²) < 4.78 is 5.25. The van der Waals surface area contributed by atoms with Crippen LogP contribution < -0.4 is 4.74 Å². The van der Waals surface area contributed by atoms with Crippen LogP contribution >= 0.6 is 0 Å². The number of Topliss-reactive ketones (excluding diaryl/α,β-unsaturated/α-hetero) is 1. The Balaban J connectivity index is 1.89. The number of aromatic nitrogens is 1. The van der Waals surface area contributed by atoms with Crippen molar-refractivity contribution in [3.63, 3.8) is 0 Å². The second-order valence-corrected chi connectivity index (χ2v) is 7.87. The molecule has 6 nitrogen and oxygen atoms in total. The number of pyridine rings is 1. The first-order valence-electron chi connectivity index (χ1n) is 10.3. The number of aliphatic hydroxyl groups excluding tert-OH is 1. The van der Waals surface area contributed by atoms with Gasteiger partial charge in [-0.2, -0.15) is 0 Å². The van der Waals surface area contributed by atoms with E-state index in [9.17, 15) is 14.7 Å². The van der Waals surface area contributed by atoms with Crippen molar-refractivity contribution in [2.45, 2.75) is 26.4 Å². The fourth-order valence-electron chi connectivity index (χ4n) is 4.00. The number of ketones is 1. The number of ether oxygens (including phenoxy) is 1. The molecule has 2 heterocycles. The van der Waals surface area contributed by atoms with Gasteiger partial charge in [0.1, 0.15) is 11.5 Å². The molecule has 0 bridgehead atoms. The number of amides is 1. The molecule has 1 atom stereocenters. The lowest BCUT2D eigenvalue weighted by atomic mass is 9.93. The first-order valence-corrected chi connectivity index (χ1v) is 10.3. The van der Waals surface area contributed by atoms with Crippen molar-refractivity contribution >= 4 is 17.4 Å². The Hall–Kier alpha value is -3.93. The minimum Gasteiger partial charge on any atom is -0.507 e. The second-order valence-electron chi connectivity index (χ2n) is 7.87. The number of hydrogen-bond acceptors (Lipinski definition) is 5. The zero-order valence-electron chi connectivity index (χ0n) is 18.2. The molecule has 162 valence electrons. The van der Waals surface area contributed by atoms with Crippen molar-refractivity contribution in [2.75, 3.05) is 7.11 Å². The molecule has 2 aromatic carbocycles. The summed E-state index contributed by atoms with van der Waals surface area (Å²) in [6, 6.07) is 15.7. The molecule has 32 heavy (non-hydrogen) atoms. The molecule has 3 aromatic rings. The lowest BCUT2D eigenvalue weighted by Crippen LogP contribution is -2.29. The first-order chi connectivity index (χ1) is 15.4. The monoisotopic (exact) mass is 428 g/mol. The smallest absolute Gasteiger partial charge is 0.295 e. The van der Waals surface area contributed by atoms with Crippen LogP contribution in [0.5, 0.6) is 5.75 Å². The van der Waals surface area contributed by atoms with Crippen molar-refractivity contribution in [2.24, 2.45) is 0 Å². The van der Waals surface area contributed by atoms with Gasteiger partial charge in [-0.3, -0.25) is 14.6 Å². The van der Waals surface area contributed by atoms with Crippen LogP contribution in [-0.4, -0.2) is 33.8 Å². The number of aliphatic hydroxyl groups is 1. The summed E-state index contributed by atoms with van der Waals surface area (Å²) in [6.07, 6.45) is 3.29. The van der Waals surface area contributed by atoms with Gasteiger partial charge in [-0.05, 0) is 60.9 Å². The maximum Gasteiger partial charge on any atom is 0.295 e. The van der Waals surface area contributed by atoms with Crippen molar-refractivity contribution in [1.29, 1.82) is 0 Å². The van der Waals surface area contributed by atoms with Crippen LogP contribution in [-0.2, 0) is 16.1 Å². The molecule has 0 aliphatic carbocycles. The molecule has 1 aromatic heterocycles. The van der Waals surface area contributed by atoms with Crippen molar-refractivity contribution in [3.05, 3.63) is 100 Å². The fraction of sp³-hybridized carbons (Fsp3) is 0.192. The molecule has 4 rings (SSSR count). The van der Waals surface area contributed by atoms with E-state index in [-0.39, 0.29) is 17.9 Å². The SMILES string of the molecule is COc1ccc(C2/C(=C(\O)c3cc(C)ccc3C)C(=O)C(=O)N2Cc2ccncc2)cc1. The van der Waals surface area contributed by atoms with Crippen molar-refractivity contribution in [3.8, 4) is 5.75 Å². The first kappa shape index (κ1) is 21.3. The quantitative estimate of drug-likeness (QED) is 0.372. The fourth-order valence-corrected chi connectivity index (χ4v) is 4.00.